The fourth-order valence-corrected chi connectivity index (χ4v) is 2.84. The molecule has 1 aromatic heterocycles. The average molecular weight is 295 g/mol. The maximum Gasteiger partial charge on any atom is 0.241 e. The molecule has 0 radical (unpaired) electrons. The molecule has 0 saturated carbocycles. The number of Topliss-reactive ketones (excluding diaryl/α,β-unsaturated/α-hetero) is 1. The highest BCUT2D eigenvalue weighted by molar-refractivity contribution is 7.89. The maximum atomic E-state index is 12.2. The number of tetrazole rings is 1. The SMILES string of the molecule is CC(=O)c1cccc(S(=O)(=O)NC(C)c2nn[nH]n2)c1. The zero-order chi connectivity index (χ0) is 14.8. The Kier molecular flexibility index (Phi) is 3.91. The molecule has 0 aliphatic rings. The lowest BCUT2D eigenvalue weighted by Gasteiger charge is -2.11. The fourth-order valence-electron chi connectivity index (χ4n) is 1.59. The van der Waals surface area contributed by atoms with Gasteiger partial charge in [0.1, 0.15) is 0 Å². The molecule has 0 bridgehead atoms. The summed E-state index contributed by atoms with van der Waals surface area (Å²) in [6.07, 6.45) is 0. The number of aromatic nitrogens is 4. The number of nitrogens with zero attached hydrogens (tertiary/aromatic N) is 3. The molecule has 2 aromatic rings. The molecule has 2 rings (SSSR count). The number of sulfonamides is 1. The molecule has 20 heavy (non-hydrogen) atoms. The summed E-state index contributed by atoms with van der Waals surface area (Å²) in [5.74, 6) is 0.0320. The van der Waals surface area contributed by atoms with Crippen molar-refractivity contribution in [2.45, 2.75) is 24.8 Å². The molecule has 0 aliphatic heterocycles. The summed E-state index contributed by atoms with van der Waals surface area (Å²) < 4.78 is 26.8. The van der Waals surface area contributed by atoms with Crippen molar-refractivity contribution in [3.8, 4) is 0 Å². The first-order valence-corrected chi connectivity index (χ1v) is 7.25. The number of H-pyrrole nitrogens is 1. The van der Waals surface area contributed by atoms with E-state index < -0.39 is 16.1 Å². The first-order chi connectivity index (χ1) is 9.40. The van der Waals surface area contributed by atoms with Gasteiger partial charge in [-0.1, -0.05) is 17.3 Å². The Labute approximate surface area is 115 Å². The average Bonchev–Trinajstić information content (AvgIpc) is 2.92. The lowest BCUT2D eigenvalue weighted by Crippen LogP contribution is -2.27. The second-order valence-corrected chi connectivity index (χ2v) is 5.91. The number of benzene rings is 1. The predicted octanol–water partition coefficient (Wildman–Crippen LogP) is 0.442. The molecule has 0 amide bonds. The monoisotopic (exact) mass is 295 g/mol. The van der Waals surface area contributed by atoms with E-state index in [1.165, 1.54) is 25.1 Å². The highest BCUT2D eigenvalue weighted by Crippen LogP contribution is 2.15. The number of carbonyl (C=O) groups is 1. The molecular formula is C11H13N5O3S. The molecule has 1 aromatic carbocycles. The van der Waals surface area contributed by atoms with Gasteiger partial charge in [0.2, 0.25) is 10.0 Å². The van der Waals surface area contributed by atoms with E-state index in [2.05, 4.69) is 25.3 Å². The molecule has 2 N–H and O–H groups in total. The van der Waals surface area contributed by atoms with Gasteiger partial charge in [-0.15, -0.1) is 10.2 Å². The van der Waals surface area contributed by atoms with Gasteiger partial charge in [0.15, 0.2) is 11.6 Å². The molecule has 0 saturated heterocycles. The van der Waals surface area contributed by atoms with E-state index in [-0.39, 0.29) is 16.5 Å². The minimum absolute atomic E-state index is 0.0144. The van der Waals surface area contributed by atoms with Crippen molar-refractivity contribution in [1.29, 1.82) is 0 Å². The number of hydrogen-bond donors (Lipinski definition) is 2. The van der Waals surface area contributed by atoms with Crippen LogP contribution in [0.2, 0.25) is 0 Å². The Morgan fingerprint density at radius 3 is 2.75 bits per heavy atom. The van der Waals surface area contributed by atoms with Crippen LogP contribution < -0.4 is 4.72 Å². The minimum atomic E-state index is -3.77. The summed E-state index contributed by atoms with van der Waals surface area (Å²) in [4.78, 5) is 11.3. The first kappa shape index (κ1) is 14.3. The molecule has 1 atom stereocenters. The van der Waals surface area contributed by atoms with Crippen LogP contribution in [0.4, 0.5) is 0 Å². The lowest BCUT2D eigenvalue weighted by atomic mass is 10.2. The van der Waals surface area contributed by atoms with Crippen molar-refractivity contribution in [3.63, 3.8) is 0 Å². The van der Waals surface area contributed by atoms with E-state index in [0.29, 0.717) is 5.56 Å². The molecule has 0 fully saturated rings. The summed E-state index contributed by atoms with van der Waals surface area (Å²) in [5.41, 5.74) is 0.333. The molecule has 9 heteroatoms. The van der Waals surface area contributed by atoms with E-state index in [4.69, 9.17) is 0 Å². The van der Waals surface area contributed by atoms with Crippen LogP contribution in [0.1, 0.15) is 36.1 Å². The van der Waals surface area contributed by atoms with Crippen LogP contribution in [-0.2, 0) is 10.0 Å². The second kappa shape index (κ2) is 5.47. The van der Waals surface area contributed by atoms with Gasteiger partial charge < -0.3 is 0 Å². The van der Waals surface area contributed by atoms with Gasteiger partial charge in [0.05, 0.1) is 10.9 Å². The number of hydrogen-bond acceptors (Lipinski definition) is 6. The molecule has 0 aliphatic carbocycles. The Morgan fingerprint density at radius 2 is 2.15 bits per heavy atom. The van der Waals surface area contributed by atoms with Gasteiger partial charge in [-0.05, 0) is 26.0 Å². The van der Waals surface area contributed by atoms with Crippen LogP contribution in [0.25, 0.3) is 0 Å². The van der Waals surface area contributed by atoms with Crippen molar-refractivity contribution in [1.82, 2.24) is 25.3 Å². The van der Waals surface area contributed by atoms with E-state index in [1.54, 1.807) is 13.0 Å². The Balaban J connectivity index is 2.26. The lowest BCUT2D eigenvalue weighted by molar-refractivity contribution is 0.101. The summed E-state index contributed by atoms with van der Waals surface area (Å²) in [7, 11) is -3.77. The summed E-state index contributed by atoms with van der Waals surface area (Å²) in [5, 5.41) is 13.0. The standard InChI is InChI=1S/C11H13N5O3S/c1-7(11-12-15-16-13-11)14-20(18,19)10-5-3-4-9(6-10)8(2)17/h3-7,14H,1-2H3,(H,12,13,15,16). The van der Waals surface area contributed by atoms with Gasteiger partial charge in [-0.25, -0.2) is 13.1 Å². The number of nitrogens with one attached hydrogen (secondary N) is 2. The van der Waals surface area contributed by atoms with Crippen molar-refractivity contribution in [3.05, 3.63) is 35.7 Å². The van der Waals surface area contributed by atoms with E-state index in [0.717, 1.165) is 0 Å². The number of aromatic amines is 1. The first-order valence-electron chi connectivity index (χ1n) is 5.77. The van der Waals surface area contributed by atoms with Gasteiger partial charge in [-0.2, -0.15) is 5.21 Å². The smallest absolute Gasteiger partial charge is 0.241 e. The van der Waals surface area contributed by atoms with Gasteiger partial charge in [0.25, 0.3) is 0 Å². The number of rotatable bonds is 5. The molecule has 106 valence electrons. The summed E-state index contributed by atoms with van der Waals surface area (Å²) in [6.45, 7) is 2.97. The topological polar surface area (TPSA) is 118 Å². The third-order valence-electron chi connectivity index (χ3n) is 2.63. The number of ketones is 1. The van der Waals surface area contributed by atoms with Crippen LogP contribution in [-0.4, -0.2) is 34.8 Å². The Morgan fingerprint density at radius 1 is 1.40 bits per heavy atom. The third-order valence-corrected chi connectivity index (χ3v) is 4.17. The highest BCUT2D eigenvalue weighted by Gasteiger charge is 2.21. The highest BCUT2D eigenvalue weighted by atomic mass is 32.2. The number of carbonyl (C=O) groups excluding carboxylic acids is 1. The van der Waals surface area contributed by atoms with Crippen LogP contribution in [0.5, 0.6) is 0 Å². The normalized spacial score (nSPS) is 13.1. The molecular weight excluding hydrogens is 282 g/mol. The van der Waals surface area contributed by atoms with E-state index in [1.807, 2.05) is 0 Å². The van der Waals surface area contributed by atoms with E-state index >= 15 is 0 Å². The third kappa shape index (κ3) is 3.06. The Hall–Kier alpha value is -2.13. The summed E-state index contributed by atoms with van der Waals surface area (Å²) >= 11 is 0. The van der Waals surface area contributed by atoms with Crippen LogP contribution in [0, 0.1) is 0 Å². The second-order valence-electron chi connectivity index (χ2n) is 4.20. The van der Waals surface area contributed by atoms with Crippen molar-refractivity contribution in [2.24, 2.45) is 0 Å². The molecule has 0 spiro atoms. The van der Waals surface area contributed by atoms with Gasteiger partial charge in [-0.3, -0.25) is 4.79 Å². The minimum Gasteiger partial charge on any atom is -0.295 e. The zero-order valence-corrected chi connectivity index (χ0v) is 11.7. The quantitative estimate of drug-likeness (QED) is 0.773. The van der Waals surface area contributed by atoms with Crippen LogP contribution >= 0.6 is 0 Å². The largest absolute Gasteiger partial charge is 0.295 e. The van der Waals surface area contributed by atoms with Crippen LogP contribution in [0.15, 0.2) is 29.2 Å². The van der Waals surface area contributed by atoms with Crippen LogP contribution in [0.3, 0.4) is 0 Å². The summed E-state index contributed by atoms with van der Waals surface area (Å²) in [6, 6.07) is 5.18. The van der Waals surface area contributed by atoms with Crippen molar-refractivity contribution >= 4 is 15.8 Å². The van der Waals surface area contributed by atoms with Gasteiger partial charge in [0, 0.05) is 5.56 Å². The van der Waals surface area contributed by atoms with Gasteiger partial charge >= 0.3 is 0 Å². The van der Waals surface area contributed by atoms with E-state index in [9.17, 15) is 13.2 Å². The fraction of sp³-hybridized carbons (Fsp3) is 0.273. The Bertz CT molecular complexity index is 711. The molecule has 1 unspecified atom stereocenters. The van der Waals surface area contributed by atoms with Crippen molar-refractivity contribution in [2.75, 3.05) is 0 Å². The molecule has 8 nitrogen and oxygen atoms in total. The maximum absolute atomic E-state index is 12.2. The van der Waals surface area contributed by atoms with Crippen molar-refractivity contribution < 1.29 is 13.2 Å². The zero-order valence-electron chi connectivity index (χ0n) is 10.9. The predicted molar refractivity (Wildman–Crippen MR) is 69.4 cm³/mol. The molecule has 1 heterocycles.